The lowest BCUT2D eigenvalue weighted by atomic mass is 10.0. The molecule has 0 fully saturated rings. The van der Waals surface area contributed by atoms with Gasteiger partial charge in [0.1, 0.15) is 11.4 Å². The van der Waals surface area contributed by atoms with Crippen molar-refractivity contribution in [3.8, 4) is 16.9 Å². The molecule has 0 aliphatic rings. The number of carbonyl (C=O) groups is 2. The van der Waals surface area contributed by atoms with E-state index in [0.717, 1.165) is 32.2 Å². The highest BCUT2D eigenvalue weighted by molar-refractivity contribution is 9.10. The number of amides is 1. The van der Waals surface area contributed by atoms with Gasteiger partial charge in [-0.05, 0) is 54.1 Å². The first-order valence-electron chi connectivity index (χ1n) is 12.3. The van der Waals surface area contributed by atoms with Gasteiger partial charge in [0, 0.05) is 46.3 Å². The second-order valence-corrected chi connectivity index (χ2v) is 10.4. The molecule has 1 aromatic heterocycles. The molecule has 40 heavy (non-hydrogen) atoms. The number of H-pyrrole nitrogens is 1. The van der Waals surface area contributed by atoms with Crippen LogP contribution in [-0.2, 0) is 0 Å². The molecule has 0 aliphatic heterocycles. The van der Waals surface area contributed by atoms with Crippen molar-refractivity contribution < 1.29 is 14.3 Å². The molecule has 5 aromatic rings. The highest BCUT2D eigenvalue weighted by Crippen LogP contribution is 2.34. The van der Waals surface area contributed by atoms with E-state index in [-0.39, 0.29) is 16.3 Å². The Morgan fingerprint density at radius 1 is 0.975 bits per heavy atom. The van der Waals surface area contributed by atoms with E-state index in [1.54, 1.807) is 42.5 Å². The smallest absolute Gasteiger partial charge is 0.345 e. The van der Waals surface area contributed by atoms with Gasteiger partial charge in [-0.1, -0.05) is 70.0 Å². The third kappa shape index (κ3) is 5.78. The van der Waals surface area contributed by atoms with Gasteiger partial charge < -0.3 is 14.6 Å². The second-order valence-electron chi connectivity index (χ2n) is 9.12. The van der Waals surface area contributed by atoms with Crippen molar-refractivity contribution in [3.63, 3.8) is 0 Å². The molecule has 0 saturated heterocycles. The van der Waals surface area contributed by atoms with Crippen LogP contribution in [0.15, 0.2) is 101 Å². The number of hydrazone groups is 1. The number of hydrogen-bond donors (Lipinski definition) is 2. The van der Waals surface area contributed by atoms with E-state index in [2.05, 4.69) is 37.5 Å². The minimum Gasteiger partial charge on any atom is -0.422 e. The number of aromatic nitrogens is 1. The number of anilines is 1. The Morgan fingerprint density at radius 3 is 2.48 bits per heavy atom. The Bertz CT molecular complexity index is 1750. The summed E-state index contributed by atoms with van der Waals surface area (Å²) in [6, 6.07) is 27.5. The van der Waals surface area contributed by atoms with Gasteiger partial charge in [0.25, 0.3) is 5.91 Å². The molecule has 5 rings (SSSR count). The summed E-state index contributed by atoms with van der Waals surface area (Å²) in [5.41, 5.74) is 7.25. The molecule has 9 heteroatoms. The fraction of sp³-hybridized carbons (Fsp3) is 0.0645. The SMILES string of the molecule is CN(C)c1ccc2[nH]c(C(=O)NN=Cc3cc(Br)ccc3OC(=O)c3ccccc3Cl)c(-c3ccccc3)c2c1. The minimum atomic E-state index is -0.603. The molecule has 0 spiro atoms. The second kappa shape index (κ2) is 11.8. The molecular weight excluding hydrogens is 592 g/mol. The predicted molar refractivity (Wildman–Crippen MR) is 164 cm³/mol. The molecule has 0 radical (unpaired) electrons. The fourth-order valence-electron chi connectivity index (χ4n) is 4.24. The maximum Gasteiger partial charge on any atom is 0.345 e. The van der Waals surface area contributed by atoms with Crippen LogP contribution >= 0.6 is 27.5 Å². The Morgan fingerprint density at radius 2 is 1.73 bits per heavy atom. The number of carbonyl (C=O) groups excluding carboxylic acids is 2. The van der Waals surface area contributed by atoms with Gasteiger partial charge >= 0.3 is 5.97 Å². The van der Waals surface area contributed by atoms with Gasteiger partial charge in [-0.2, -0.15) is 5.10 Å². The molecule has 0 aliphatic carbocycles. The standard InChI is InChI=1S/C31H24BrClN4O3/c1-37(2)22-13-14-26-24(17-22)28(19-8-4-3-5-9-19)29(35-26)30(38)36-34-18-20-16-21(32)12-15-27(20)40-31(39)23-10-6-7-11-25(23)33/h3-18,35H,1-2H3,(H,36,38). The van der Waals surface area contributed by atoms with Crippen molar-refractivity contribution >= 4 is 62.2 Å². The predicted octanol–water partition coefficient (Wildman–Crippen LogP) is 7.30. The molecule has 1 amide bonds. The van der Waals surface area contributed by atoms with Crippen LogP contribution in [-0.4, -0.2) is 37.2 Å². The number of nitrogens with zero attached hydrogens (tertiary/aromatic N) is 2. The number of hydrogen-bond acceptors (Lipinski definition) is 5. The van der Waals surface area contributed by atoms with Crippen LogP contribution in [0.25, 0.3) is 22.0 Å². The molecule has 0 unspecified atom stereocenters. The Balaban J connectivity index is 1.43. The molecule has 0 saturated carbocycles. The van der Waals surface area contributed by atoms with Gasteiger partial charge in [0.05, 0.1) is 16.8 Å². The highest BCUT2D eigenvalue weighted by atomic mass is 79.9. The number of fused-ring (bicyclic) bond motifs is 1. The minimum absolute atomic E-state index is 0.243. The van der Waals surface area contributed by atoms with Crippen LogP contribution < -0.4 is 15.1 Å². The van der Waals surface area contributed by atoms with E-state index in [1.165, 1.54) is 6.21 Å². The van der Waals surface area contributed by atoms with Crippen molar-refractivity contribution in [1.82, 2.24) is 10.4 Å². The number of rotatable bonds is 7. The van der Waals surface area contributed by atoms with Crippen LogP contribution in [0.4, 0.5) is 5.69 Å². The molecule has 4 aromatic carbocycles. The maximum absolute atomic E-state index is 13.4. The number of esters is 1. The number of aromatic amines is 1. The number of ether oxygens (including phenoxy) is 1. The lowest BCUT2D eigenvalue weighted by Crippen LogP contribution is -2.19. The van der Waals surface area contributed by atoms with E-state index in [0.29, 0.717) is 11.3 Å². The summed E-state index contributed by atoms with van der Waals surface area (Å²) in [7, 11) is 3.94. The Labute approximate surface area is 244 Å². The van der Waals surface area contributed by atoms with Crippen LogP contribution in [0.2, 0.25) is 5.02 Å². The summed E-state index contributed by atoms with van der Waals surface area (Å²) in [5.74, 6) is -0.755. The first kappa shape index (κ1) is 27.2. The third-order valence-corrected chi connectivity index (χ3v) is 7.05. The first-order valence-corrected chi connectivity index (χ1v) is 13.5. The summed E-state index contributed by atoms with van der Waals surface area (Å²) >= 11 is 9.58. The number of benzene rings is 4. The van der Waals surface area contributed by atoms with Crippen LogP contribution in [0.3, 0.4) is 0 Å². The monoisotopic (exact) mass is 614 g/mol. The summed E-state index contributed by atoms with van der Waals surface area (Å²) in [5, 5.41) is 5.39. The van der Waals surface area contributed by atoms with Gasteiger partial charge in [-0.15, -0.1) is 0 Å². The van der Waals surface area contributed by atoms with Crippen molar-refractivity contribution in [1.29, 1.82) is 0 Å². The maximum atomic E-state index is 13.4. The van der Waals surface area contributed by atoms with E-state index in [4.69, 9.17) is 16.3 Å². The van der Waals surface area contributed by atoms with Crippen LogP contribution in [0.1, 0.15) is 26.4 Å². The zero-order chi connectivity index (χ0) is 28.2. The van der Waals surface area contributed by atoms with Gasteiger partial charge in [-0.25, -0.2) is 10.2 Å². The normalized spacial score (nSPS) is 11.1. The lowest BCUT2D eigenvalue weighted by Gasteiger charge is -2.12. The first-order chi connectivity index (χ1) is 19.3. The van der Waals surface area contributed by atoms with Crippen LogP contribution in [0, 0.1) is 0 Å². The summed E-state index contributed by atoms with van der Waals surface area (Å²) in [4.78, 5) is 31.4. The average molecular weight is 616 g/mol. The molecular formula is C31H24BrClN4O3. The van der Waals surface area contributed by atoms with Crippen molar-refractivity contribution in [3.05, 3.63) is 117 Å². The highest BCUT2D eigenvalue weighted by Gasteiger charge is 2.20. The summed E-state index contributed by atoms with van der Waals surface area (Å²) in [6.45, 7) is 0. The zero-order valence-electron chi connectivity index (χ0n) is 21.6. The van der Waals surface area contributed by atoms with Gasteiger partial charge in [-0.3, -0.25) is 4.79 Å². The molecule has 0 bridgehead atoms. The van der Waals surface area contributed by atoms with Crippen LogP contribution in [0.5, 0.6) is 5.75 Å². The molecule has 2 N–H and O–H groups in total. The topological polar surface area (TPSA) is 86.8 Å². The number of nitrogens with one attached hydrogen (secondary N) is 2. The molecule has 0 atom stereocenters. The van der Waals surface area contributed by atoms with Gasteiger partial charge in [0.2, 0.25) is 0 Å². The van der Waals surface area contributed by atoms with Crippen molar-refractivity contribution in [2.45, 2.75) is 0 Å². The third-order valence-electron chi connectivity index (χ3n) is 6.23. The Kier molecular flexibility index (Phi) is 8.00. The number of halogens is 2. The van der Waals surface area contributed by atoms with Crippen molar-refractivity contribution in [2.24, 2.45) is 5.10 Å². The lowest BCUT2D eigenvalue weighted by molar-refractivity contribution is 0.0734. The van der Waals surface area contributed by atoms with E-state index >= 15 is 0 Å². The quantitative estimate of drug-likeness (QED) is 0.0871. The summed E-state index contributed by atoms with van der Waals surface area (Å²) in [6.07, 6.45) is 1.42. The average Bonchev–Trinajstić information content (AvgIpc) is 3.34. The van der Waals surface area contributed by atoms with Gasteiger partial charge in [0.15, 0.2) is 0 Å². The van der Waals surface area contributed by atoms with Crippen molar-refractivity contribution in [2.75, 3.05) is 19.0 Å². The Hall–Kier alpha value is -4.40. The van der Waals surface area contributed by atoms with E-state index in [1.807, 2.05) is 61.5 Å². The summed E-state index contributed by atoms with van der Waals surface area (Å²) < 4.78 is 6.35. The largest absolute Gasteiger partial charge is 0.422 e. The van der Waals surface area contributed by atoms with E-state index < -0.39 is 11.9 Å². The molecule has 200 valence electrons. The van der Waals surface area contributed by atoms with E-state index in [9.17, 15) is 9.59 Å². The molecule has 1 heterocycles. The fourth-order valence-corrected chi connectivity index (χ4v) is 4.84. The molecule has 7 nitrogen and oxygen atoms in total. The zero-order valence-corrected chi connectivity index (χ0v) is 24.0.